The average Bonchev–Trinajstić information content (AvgIpc) is 3.15. The van der Waals surface area contributed by atoms with Gasteiger partial charge in [0.15, 0.2) is 18.2 Å². The zero-order chi connectivity index (χ0) is 20.3. The zero-order valence-corrected chi connectivity index (χ0v) is 14.9. The predicted molar refractivity (Wildman–Crippen MR) is 92.0 cm³/mol. The van der Waals surface area contributed by atoms with Crippen molar-refractivity contribution in [1.29, 1.82) is 0 Å². The Morgan fingerprint density at radius 1 is 1.14 bits per heavy atom. The van der Waals surface area contributed by atoms with Crippen LogP contribution in [-0.4, -0.2) is 30.3 Å². The molecule has 3 rings (SSSR count). The fourth-order valence-corrected chi connectivity index (χ4v) is 2.42. The van der Waals surface area contributed by atoms with Crippen molar-refractivity contribution in [2.75, 3.05) is 14.2 Å². The van der Waals surface area contributed by atoms with Crippen molar-refractivity contribution in [2.24, 2.45) is 5.73 Å². The molecule has 0 unspecified atom stereocenters. The monoisotopic (exact) mass is 391 g/mol. The number of benzene rings is 2. The van der Waals surface area contributed by atoms with Crippen molar-refractivity contribution < 1.29 is 32.3 Å². The third-order valence-electron chi connectivity index (χ3n) is 3.77. The van der Waals surface area contributed by atoms with Crippen LogP contribution in [0.1, 0.15) is 16.2 Å². The maximum Gasteiger partial charge on any atom is 0.264 e. The highest BCUT2D eigenvalue weighted by Gasteiger charge is 2.20. The van der Waals surface area contributed by atoms with E-state index in [1.54, 1.807) is 18.2 Å². The highest BCUT2D eigenvalue weighted by Crippen LogP contribution is 2.31. The maximum atomic E-state index is 14.2. The summed E-state index contributed by atoms with van der Waals surface area (Å²) >= 11 is 0. The Morgan fingerprint density at radius 3 is 2.61 bits per heavy atom. The fourth-order valence-electron chi connectivity index (χ4n) is 2.42. The van der Waals surface area contributed by atoms with Gasteiger partial charge in [-0.3, -0.25) is 4.79 Å². The Hall–Kier alpha value is -3.69. The van der Waals surface area contributed by atoms with Crippen LogP contribution < -0.4 is 19.9 Å². The van der Waals surface area contributed by atoms with Crippen LogP contribution in [0.15, 0.2) is 34.9 Å². The summed E-state index contributed by atoms with van der Waals surface area (Å²) in [7, 11) is 3.01. The molecule has 0 aliphatic carbocycles. The number of nitrogens with two attached hydrogens (primary N) is 1. The molecule has 1 heterocycles. The Kier molecular flexibility index (Phi) is 5.39. The van der Waals surface area contributed by atoms with Gasteiger partial charge in [-0.2, -0.15) is 4.98 Å². The first-order valence-corrected chi connectivity index (χ1v) is 7.90. The highest BCUT2D eigenvalue weighted by atomic mass is 19.1. The second-order valence-corrected chi connectivity index (χ2v) is 5.47. The average molecular weight is 391 g/mol. The smallest absolute Gasteiger partial charge is 0.264 e. The molecule has 1 amide bonds. The SMILES string of the molecule is COc1ccc(-c2noc(COc3ccc(F)c(C(N)=O)c3F)n2)c(OC)c1. The Balaban J connectivity index is 1.80. The minimum Gasteiger partial charge on any atom is -0.497 e. The first-order chi connectivity index (χ1) is 13.4. The fraction of sp³-hybridized carbons (Fsp3) is 0.167. The van der Waals surface area contributed by atoms with E-state index in [2.05, 4.69) is 10.1 Å². The number of rotatable bonds is 7. The number of hydrogen-bond acceptors (Lipinski definition) is 7. The van der Waals surface area contributed by atoms with Crippen LogP contribution in [0.25, 0.3) is 11.4 Å². The topological polar surface area (TPSA) is 110 Å². The third kappa shape index (κ3) is 3.70. The number of primary amides is 1. The van der Waals surface area contributed by atoms with Crippen LogP contribution in [0, 0.1) is 11.6 Å². The normalized spacial score (nSPS) is 10.6. The van der Waals surface area contributed by atoms with E-state index in [4.69, 9.17) is 24.5 Å². The molecule has 0 saturated heterocycles. The number of amides is 1. The highest BCUT2D eigenvalue weighted by molar-refractivity contribution is 5.93. The van der Waals surface area contributed by atoms with Crippen molar-refractivity contribution in [3.8, 4) is 28.6 Å². The second kappa shape index (κ2) is 7.91. The van der Waals surface area contributed by atoms with Gasteiger partial charge in [0, 0.05) is 6.07 Å². The van der Waals surface area contributed by atoms with Crippen LogP contribution in [0.4, 0.5) is 8.78 Å². The van der Waals surface area contributed by atoms with Crippen molar-refractivity contribution in [3.05, 3.63) is 53.4 Å². The minimum absolute atomic E-state index is 0.0252. The summed E-state index contributed by atoms with van der Waals surface area (Å²) < 4.78 is 48.4. The Labute approximate surface area is 157 Å². The third-order valence-corrected chi connectivity index (χ3v) is 3.77. The summed E-state index contributed by atoms with van der Waals surface area (Å²) in [5, 5.41) is 3.83. The summed E-state index contributed by atoms with van der Waals surface area (Å²) in [5.74, 6) is -2.61. The first-order valence-electron chi connectivity index (χ1n) is 7.90. The van der Waals surface area contributed by atoms with Gasteiger partial charge in [0.1, 0.15) is 22.9 Å². The molecule has 0 radical (unpaired) electrons. The molecule has 0 aliphatic heterocycles. The number of halogens is 2. The summed E-state index contributed by atoms with van der Waals surface area (Å²) in [4.78, 5) is 15.3. The number of nitrogens with zero attached hydrogens (tertiary/aromatic N) is 2. The molecule has 1 aromatic heterocycles. The van der Waals surface area contributed by atoms with Crippen molar-refractivity contribution in [3.63, 3.8) is 0 Å². The van der Waals surface area contributed by atoms with E-state index in [1.807, 2.05) is 0 Å². The van der Waals surface area contributed by atoms with Gasteiger partial charge in [0.25, 0.3) is 11.8 Å². The van der Waals surface area contributed by atoms with Crippen LogP contribution >= 0.6 is 0 Å². The summed E-state index contributed by atoms with van der Waals surface area (Å²) in [6, 6.07) is 6.94. The number of carbonyl (C=O) groups is 1. The molecule has 10 heteroatoms. The predicted octanol–water partition coefficient (Wildman–Crippen LogP) is 2.71. The molecule has 0 bridgehead atoms. The van der Waals surface area contributed by atoms with Crippen molar-refractivity contribution >= 4 is 5.91 Å². The quantitative estimate of drug-likeness (QED) is 0.659. The molecule has 0 saturated carbocycles. The summed E-state index contributed by atoms with van der Waals surface area (Å²) in [6.45, 7) is -0.313. The van der Waals surface area contributed by atoms with Crippen LogP contribution in [0.5, 0.6) is 17.2 Å². The largest absolute Gasteiger partial charge is 0.497 e. The number of carbonyl (C=O) groups excluding carboxylic acids is 1. The lowest BCUT2D eigenvalue weighted by atomic mass is 10.1. The van der Waals surface area contributed by atoms with Gasteiger partial charge in [-0.1, -0.05) is 5.16 Å². The van der Waals surface area contributed by atoms with Gasteiger partial charge >= 0.3 is 0 Å². The molecule has 2 aromatic carbocycles. The van der Waals surface area contributed by atoms with E-state index in [0.717, 1.165) is 12.1 Å². The second-order valence-electron chi connectivity index (χ2n) is 5.47. The van der Waals surface area contributed by atoms with Crippen molar-refractivity contribution in [1.82, 2.24) is 10.1 Å². The van der Waals surface area contributed by atoms with Gasteiger partial charge < -0.3 is 24.5 Å². The number of aromatic nitrogens is 2. The number of methoxy groups -OCH3 is 2. The molecule has 28 heavy (non-hydrogen) atoms. The van der Waals surface area contributed by atoms with Gasteiger partial charge in [-0.05, 0) is 24.3 Å². The summed E-state index contributed by atoms with van der Waals surface area (Å²) in [6.07, 6.45) is 0. The first kappa shape index (κ1) is 19.1. The van der Waals surface area contributed by atoms with E-state index in [1.165, 1.54) is 14.2 Å². The molecule has 0 aliphatic rings. The Morgan fingerprint density at radius 2 is 1.93 bits per heavy atom. The van der Waals surface area contributed by atoms with Crippen LogP contribution in [0.2, 0.25) is 0 Å². The molecule has 146 valence electrons. The minimum atomic E-state index is -1.24. The number of ether oxygens (including phenoxy) is 3. The summed E-state index contributed by atoms with van der Waals surface area (Å²) in [5.41, 5.74) is 4.63. The lowest BCUT2D eigenvalue weighted by Crippen LogP contribution is -2.16. The zero-order valence-electron chi connectivity index (χ0n) is 14.9. The van der Waals surface area contributed by atoms with E-state index >= 15 is 0 Å². The van der Waals surface area contributed by atoms with Crippen molar-refractivity contribution in [2.45, 2.75) is 6.61 Å². The van der Waals surface area contributed by atoms with E-state index in [0.29, 0.717) is 17.1 Å². The molecule has 0 fully saturated rings. The van der Waals surface area contributed by atoms with Gasteiger partial charge in [-0.25, -0.2) is 8.78 Å². The van der Waals surface area contributed by atoms with E-state index in [9.17, 15) is 13.6 Å². The molecule has 8 nitrogen and oxygen atoms in total. The van der Waals surface area contributed by atoms with Gasteiger partial charge in [0.05, 0.1) is 19.8 Å². The van der Waals surface area contributed by atoms with E-state index < -0.39 is 23.1 Å². The standard InChI is InChI=1S/C18H15F2N3O5/c1-25-9-3-4-10(13(7-9)26-2)18-22-14(28-23-18)8-27-12-6-5-11(19)15(16(12)20)17(21)24/h3-7H,8H2,1-2H3,(H2,21,24). The van der Waals surface area contributed by atoms with E-state index in [-0.39, 0.29) is 24.1 Å². The Bertz CT molecular complexity index is 1020. The lowest BCUT2D eigenvalue weighted by molar-refractivity contribution is 0.0991. The van der Waals surface area contributed by atoms with Crippen LogP contribution in [-0.2, 0) is 6.61 Å². The molecule has 0 atom stereocenters. The molecular formula is C18H15F2N3O5. The molecule has 2 N–H and O–H groups in total. The molecular weight excluding hydrogens is 376 g/mol. The van der Waals surface area contributed by atoms with Gasteiger partial charge in [0.2, 0.25) is 5.82 Å². The van der Waals surface area contributed by atoms with Gasteiger partial charge in [-0.15, -0.1) is 0 Å². The maximum absolute atomic E-state index is 14.2. The molecule has 0 spiro atoms. The number of hydrogen-bond donors (Lipinski definition) is 1. The van der Waals surface area contributed by atoms with Crippen LogP contribution in [0.3, 0.4) is 0 Å². The molecule has 3 aromatic rings. The lowest BCUT2D eigenvalue weighted by Gasteiger charge is -2.08.